The van der Waals surface area contributed by atoms with Crippen molar-refractivity contribution in [3.05, 3.63) is 29.8 Å². The highest BCUT2D eigenvalue weighted by atomic mass is 32.2. The summed E-state index contributed by atoms with van der Waals surface area (Å²) in [5.41, 5.74) is 13.1. The molecule has 0 radical (unpaired) electrons. The van der Waals surface area contributed by atoms with Crippen molar-refractivity contribution in [3.8, 4) is 0 Å². The van der Waals surface area contributed by atoms with E-state index < -0.39 is 0 Å². The molecule has 0 aliphatic carbocycles. The van der Waals surface area contributed by atoms with Gasteiger partial charge in [-0.05, 0) is 29.7 Å². The second kappa shape index (κ2) is 5.89. The second-order valence-corrected chi connectivity index (χ2v) is 7.06. The van der Waals surface area contributed by atoms with Crippen LogP contribution in [0.1, 0.15) is 39.3 Å². The van der Waals surface area contributed by atoms with Crippen LogP contribution in [-0.4, -0.2) is 11.8 Å². The van der Waals surface area contributed by atoms with Crippen molar-refractivity contribution in [3.63, 3.8) is 0 Å². The number of hydrogen-bond acceptors (Lipinski definition) is 3. The first-order valence-corrected chi connectivity index (χ1v) is 6.97. The summed E-state index contributed by atoms with van der Waals surface area (Å²) in [7, 11) is 0. The number of hydrogen-bond donors (Lipinski definition) is 2. The topological polar surface area (TPSA) is 52.0 Å². The van der Waals surface area contributed by atoms with Crippen molar-refractivity contribution in [2.24, 2.45) is 16.9 Å². The molecular formula is C14H24N2S. The second-order valence-electron chi connectivity index (χ2n) is 5.41. The van der Waals surface area contributed by atoms with E-state index in [2.05, 4.69) is 52.0 Å². The predicted octanol–water partition coefficient (Wildman–Crippen LogP) is 3.17. The predicted molar refractivity (Wildman–Crippen MR) is 77.2 cm³/mol. The molecule has 0 aliphatic heterocycles. The number of rotatable bonds is 5. The van der Waals surface area contributed by atoms with E-state index in [1.807, 2.05) is 11.8 Å². The molecule has 0 heterocycles. The highest BCUT2D eigenvalue weighted by Crippen LogP contribution is 2.31. The van der Waals surface area contributed by atoms with Crippen LogP contribution in [0.15, 0.2) is 29.2 Å². The quantitative estimate of drug-likeness (QED) is 0.791. The zero-order chi connectivity index (χ0) is 13.1. The number of benzene rings is 1. The van der Waals surface area contributed by atoms with E-state index in [0.717, 1.165) is 5.56 Å². The monoisotopic (exact) mass is 252 g/mol. The van der Waals surface area contributed by atoms with E-state index in [1.165, 1.54) is 4.90 Å². The molecule has 17 heavy (non-hydrogen) atoms. The van der Waals surface area contributed by atoms with E-state index in [1.54, 1.807) is 0 Å². The molecule has 0 saturated carbocycles. The normalized spacial score (nSPS) is 14.1. The van der Waals surface area contributed by atoms with Crippen LogP contribution in [-0.2, 0) is 0 Å². The Morgan fingerprint density at radius 1 is 1.18 bits per heavy atom. The van der Waals surface area contributed by atoms with Gasteiger partial charge < -0.3 is 11.5 Å². The lowest BCUT2D eigenvalue weighted by molar-refractivity contribution is 0.301. The highest BCUT2D eigenvalue weighted by Gasteiger charge is 2.25. The van der Waals surface area contributed by atoms with E-state index in [-0.39, 0.29) is 11.5 Å². The molecule has 1 rings (SSSR count). The van der Waals surface area contributed by atoms with E-state index in [0.29, 0.717) is 11.8 Å². The van der Waals surface area contributed by atoms with Gasteiger partial charge in [0, 0.05) is 16.2 Å². The number of thioether (sulfide) groups is 1. The molecule has 0 fully saturated rings. The van der Waals surface area contributed by atoms with Crippen molar-refractivity contribution in [2.75, 3.05) is 6.54 Å². The number of nitrogens with two attached hydrogens (primary N) is 2. The van der Waals surface area contributed by atoms with Gasteiger partial charge >= 0.3 is 0 Å². The van der Waals surface area contributed by atoms with Gasteiger partial charge in [-0.15, -0.1) is 11.8 Å². The van der Waals surface area contributed by atoms with Gasteiger partial charge in [-0.2, -0.15) is 0 Å². The minimum atomic E-state index is -0.0628. The van der Waals surface area contributed by atoms with E-state index >= 15 is 0 Å². The first kappa shape index (κ1) is 14.6. The fourth-order valence-corrected chi connectivity index (χ4v) is 2.44. The summed E-state index contributed by atoms with van der Waals surface area (Å²) in [6.07, 6.45) is 0. The standard InChI is InChI=1S/C14H24N2S/c1-10(2)17-12-7-5-11(6-8-12)13(16)14(3,4)9-15/h5-8,10,13H,9,15-16H2,1-4H3. The van der Waals surface area contributed by atoms with Crippen molar-refractivity contribution in [2.45, 2.75) is 43.9 Å². The molecule has 0 amide bonds. The Balaban J connectivity index is 2.80. The van der Waals surface area contributed by atoms with Crippen LogP contribution >= 0.6 is 11.8 Å². The molecule has 1 atom stereocenters. The Hall–Kier alpha value is -0.510. The van der Waals surface area contributed by atoms with Gasteiger partial charge in [-0.3, -0.25) is 0 Å². The Kier molecular flexibility index (Phi) is 5.04. The third-order valence-electron chi connectivity index (χ3n) is 2.98. The van der Waals surface area contributed by atoms with Gasteiger partial charge in [0.25, 0.3) is 0 Å². The molecule has 0 aliphatic rings. The van der Waals surface area contributed by atoms with Crippen molar-refractivity contribution in [1.29, 1.82) is 0 Å². The summed E-state index contributed by atoms with van der Waals surface area (Å²) in [5, 5.41) is 0.606. The zero-order valence-electron chi connectivity index (χ0n) is 11.2. The molecule has 1 aromatic rings. The largest absolute Gasteiger partial charge is 0.330 e. The smallest absolute Gasteiger partial charge is 0.0358 e. The molecule has 96 valence electrons. The maximum absolute atomic E-state index is 6.25. The van der Waals surface area contributed by atoms with Crippen molar-refractivity contribution < 1.29 is 0 Å². The van der Waals surface area contributed by atoms with Gasteiger partial charge in [0.05, 0.1) is 0 Å². The summed E-state index contributed by atoms with van der Waals surface area (Å²) in [4.78, 5) is 1.29. The van der Waals surface area contributed by atoms with E-state index in [9.17, 15) is 0 Å². The molecule has 3 heteroatoms. The van der Waals surface area contributed by atoms with Crippen molar-refractivity contribution >= 4 is 11.8 Å². The molecule has 0 aromatic heterocycles. The first-order chi connectivity index (χ1) is 7.86. The maximum Gasteiger partial charge on any atom is 0.0358 e. The lowest BCUT2D eigenvalue weighted by Crippen LogP contribution is -2.35. The van der Waals surface area contributed by atoms with Gasteiger partial charge in [-0.25, -0.2) is 0 Å². The molecule has 4 N–H and O–H groups in total. The Labute approximate surface area is 109 Å². The highest BCUT2D eigenvalue weighted by molar-refractivity contribution is 7.99. The Bertz CT molecular complexity index is 344. The Morgan fingerprint density at radius 2 is 1.71 bits per heavy atom. The summed E-state index contributed by atoms with van der Waals surface area (Å²) < 4.78 is 0. The Morgan fingerprint density at radius 3 is 2.12 bits per heavy atom. The van der Waals surface area contributed by atoms with Crippen LogP contribution < -0.4 is 11.5 Å². The lowest BCUT2D eigenvalue weighted by atomic mass is 9.81. The minimum absolute atomic E-state index is 0.00870. The van der Waals surface area contributed by atoms with E-state index in [4.69, 9.17) is 11.5 Å². The lowest BCUT2D eigenvalue weighted by Gasteiger charge is -2.30. The average molecular weight is 252 g/mol. The van der Waals surface area contributed by atoms with Crippen molar-refractivity contribution in [1.82, 2.24) is 0 Å². The molecule has 0 saturated heterocycles. The third kappa shape index (κ3) is 4.02. The maximum atomic E-state index is 6.25. The fraction of sp³-hybridized carbons (Fsp3) is 0.571. The average Bonchev–Trinajstić information content (AvgIpc) is 2.28. The summed E-state index contributed by atoms with van der Waals surface area (Å²) in [6.45, 7) is 9.20. The van der Waals surface area contributed by atoms with Crippen LogP contribution in [0.2, 0.25) is 0 Å². The van der Waals surface area contributed by atoms with Gasteiger partial charge in [0.2, 0.25) is 0 Å². The molecule has 1 unspecified atom stereocenters. The van der Waals surface area contributed by atoms with Gasteiger partial charge in [0.1, 0.15) is 0 Å². The molecule has 1 aromatic carbocycles. The zero-order valence-corrected chi connectivity index (χ0v) is 12.1. The summed E-state index contributed by atoms with van der Waals surface area (Å²) in [5.74, 6) is 0. The van der Waals surface area contributed by atoms with Crippen LogP contribution in [0, 0.1) is 5.41 Å². The summed E-state index contributed by atoms with van der Waals surface area (Å²) >= 11 is 1.87. The van der Waals surface area contributed by atoms with Gasteiger partial charge in [-0.1, -0.05) is 39.8 Å². The SMILES string of the molecule is CC(C)Sc1ccc(C(N)C(C)(C)CN)cc1. The molecular weight excluding hydrogens is 228 g/mol. The fourth-order valence-electron chi connectivity index (χ4n) is 1.60. The van der Waals surface area contributed by atoms with Crippen LogP contribution in [0.3, 0.4) is 0 Å². The molecule has 0 spiro atoms. The van der Waals surface area contributed by atoms with Crippen LogP contribution in [0.4, 0.5) is 0 Å². The van der Waals surface area contributed by atoms with Gasteiger partial charge in [0.15, 0.2) is 0 Å². The molecule has 2 nitrogen and oxygen atoms in total. The molecule has 0 bridgehead atoms. The third-order valence-corrected chi connectivity index (χ3v) is 3.99. The minimum Gasteiger partial charge on any atom is -0.330 e. The first-order valence-electron chi connectivity index (χ1n) is 6.09. The summed E-state index contributed by atoms with van der Waals surface area (Å²) in [6, 6.07) is 8.52. The van der Waals surface area contributed by atoms with Crippen LogP contribution in [0.25, 0.3) is 0 Å². The van der Waals surface area contributed by atoms with Crippen LogP contribution in [0.5, 0.6) is 0 Å².